The van der Waals surface area contributed by atoms with Gasteiger partial charge < -0.3 is 10.0 Å². The number of fused-ring (bicyclic) bond motifs is 10. The quantitative estimate of drug-likeness (QED) is 0.405. The minimum atomic E-state index is -0.718. The minimum Gasteiger partial charge on any atom is -0.443 e. The van der Waals surface area contributed by atoms with Crippen LogP contribution in [0.3, 0.4) is 0 Å². The Balaban J connectivity index is 1.43. The van der Waals surface area contributed by atoms with Crippen molar-refractivity contribution in [2.24, 2.45) is 0 Å². The van der Waals surface area contributed by atoms with Crippen LogP contribution in [0.1, 0.15) is 0 Å². The zero-order valence-corrected chi connectivity index (χ0v) is 15.0. The van der Waals surface area contributed by atoms with Crippen LogP contribution in [-0.4, -0.2) is 23.9 Å². The van der Waals surface area contributed by atoms with Crippen LogP contribution in [0.2, 0.25) is 0 Å². The summed E-state index contributed by atoms with van der Waals surface area (Å²) < 4.78 is 0. The van der Waals surface area contributed by atoms with Gasteiger partial charge in [0.05, 0.1) is 0 Å². The maximum atomic E-state index is 11.2. The van der Waals surface area contributed by atoms with Gasteiger partial charge >= 0.3 is 13.8 Å². The van der Waals surface area contributed by atoms with Gasteiger partial charge in [0.1, 0.15) is 0 Å². The van der Waals surface area contributed by atoms with Gasteiger partial charge in [-0.3, -0.25) is 0 Å². The molecule has 0 saturated carbocycles. The highest BCUT2D eigenvalue weighted by Crippen LogP contribution is 2.47. The second-order valence-corrected chi connectivity index (χ2v) is 7.95. The second-order valence-electron chi connectivity index (χ2n) is 7.95. The summed E-state index contributed by atoms with van der Waals surface area (Å²) >= 11 is 0. The molecule has 4 aromatic carbocycles. The molecule has 4 heteroatoms. The Morgan fingerprint density at radius 2 is 0.643 bits per heavy atom. The Hall–Kier alpha value is -3.07. The van der Waals surface area contributed by atoms with E-state index >= 15 is 0 Å². The molecule has 2 nitrogen and oxygen atoms in total. The van der Waals surface area contributed by atoms with Gasteiger partial charge in [-0.25, -0.2) is 0 Å². The highest BCUT2D eigenvalue weighted by Gasteiger charge is 2.40. The van der Waals surface area contributed by atoms with Gasteiger partial charge in [0.2, 0.25) is 0 Å². The van der Waals surface area contributed by atoms with Gasteiger partial charge in [-0.2, -0.15) is 0 Å². The Kier molecular flexibility index (Phi) is 2.59. The first-order valence-electron chi connectivity index (χ1n) is 9.64. The molecule has 4 aromatic rings. The molecule has 0 spiro atoms. The monoisotopic (exact) mass is 356 g/mol. The molecule has 3 aliphatic rings. The summed E-state index contributed by atoms with van der Waals surface area (Å²) in [6.07, 6.45) is 0. The summed E-state index contributed by atoms with van der Waals surface area (Å²) in [5.74, 6) is 0. The molecular weight excluding hydrogens is 342 g/mol. The number of benzene rings is 4. The fraction of sp³-hybridized carbons (Fsp3) is 0. The lowest BCUT2D eigenvalue weighted by Gasteiger charge is -2.33. The van der Waals surface area contributed by atoms with E-state index in [0.29, 0.717) is 0 Å². The Labute approximate surface area is 163 Å². The average Bonchev–Trinajstić information content (AvgIpc) is 2.73. The number of rotatable bonds is 0. The molecule has 128 valence electrons. The molecule has 0 amide bonds. The van der Waals surface area contributed by atoms with Gasteiger partial charge in [-0.05, 0) is 66.4 Å². The predicted molar refractivity (Wildman–Crippen MR) is 116 cm³/mol. The van der Waals surface area contributed by atoms with Gasteiger partial charge in [0.15, 0.2) is 0 Å². The second kappa shape index (κ2) is 4.85. The largest absolute Gasteiger partial charge is 0.443 e. The van der Waals surface area contributed by atoms with E-state index < -0.39 is 13.8 Å². The van der Waals surface area contributed by atoms with Crippen LogP contribution in [0.4, 0.5) is 0 Å². The lowest BCUT2D eigenvalue weighted by atomic mass is 9.35. The fourth-order valence-corrected chi connectivity index (χ4v) is 5.22. The van der Waals surface area contributed by atoms with E-state index in [0.717, 1.165) is 21.9 Å². The first-order valence-corrected chi connectivity index (χ1v) is 9.64. The van der Waals surface area contributed by atoms with Crippen LogP contribution < -0.4 is 21.9 Å². The molecule has 0 saturated heterocycles. The van der Waals surface area contributed by atoms with Crippen molar-refractivity contribution in [2.75, 3.05) is 0 Å². The zero-order chi connectivity index (χ0) is 18.6. The summed E-state index contributed by atoms with van der Waals surface area (Å²) in [7, 11) is 0. The normalized spacial score (nSPS) is 13.9. The standard InChI is InChI=1S/C24H14B2O2/c27-25-21-9-17-13-5-1-2-6-14(13)18(17)10-22(21)26(28)24-12-20-16-8-4-3-7-15(16)19(20)11-23(24)25/h1-12,27-28H. The van der Waals surface area contributed by atoms with Gasteiger partial charge in [0.25, 0.3) is 0 Å². The summed E-state index contributed by atoms with van der Waals surface area (Å²) in [6, 6.07) is 24.9. The Bertz CT molecular complexity index is 1150. The van der Waals surface area contributed by atoms with E-state index in [1.54, 1.807) is 0 Å². The summed E-state index contributed by atoms with van der Waals surface area (Å²) in [4.78, 5) is 0. The van der Waals surface area contributed by atoms with Crippen LogP contribution in [-0.2, 0) is 0 Å². The van der Waals surface area contributed by atoms with Crippen molar-refractivity contribution in [1.29, 1.82) is 0 Å². The number of hydrogen-bond donors (Lipinski definition) is 2. The van der Waals surface area contributed by atoms with Gasteiger partial charge in [-0.15, -0.1) is 0 Å². The molecule has 1 heterocycles. The fourth-order valence-electron chi connectivity index (χ4n) is 5.22. The Morgan fingerprint density at radius 1 is 0.393 bits per heavy atom. The van der Waals surface area contributed by atoms with Crippen LogP contribution >= 0.6 is 0 Å². The summed E-state index contributed by atoms with van der Waals surface area (Å²) in [5.41, 5.74) is 12.8. The Morgan fingerprint density at radius 3 is 0.893 bits per heavy atom. The minimum absolute atomic E-state index is 0.718. The summed E-state index contributed by atoms with van der Waals surface area (Å²) in [5, 5.41) is 22.4. The maximum absolute atomic E-state index is 11.2. The van der Waals surface area contributed by atoms with Crippen molar-refractivity contribution < 1.29 is 10.0 Å². The molecule has 2 aliphatic carbocycles. The third kappa shape index (κ3) is 1.60. The van der Waals surface area contributed by atoms with Crippen molar-refractivity contribution in [3.8, 4) is 44.5 Å². The zero-order valence-electron chi connectivity index (χ0n) is 15.0. The van der Waals surface area contributed by atoms with E-state index in [2.05, 4.69) is 48.5 Å². The number of hydrogen-bond acceptors (Lipinski definition) is 2. The van der Waals surface area contributed by atoms with E-state index in [9.17, 15) is 10.0 Å². The third-order valence-electron chi connectivity index (χ3n) is 6.64. The first-order chi connectivity index (χ1) is 13.7. The van der Waals surface area contributed by atoms with Crippen molar-refractivity contribution in [1.82, 2.24) is 0 Å². The summed E-state index contributed by atoms with van der Waals surface area (Å²) in [6.45, 7) is -1.44. The molecule has 2 N–H and O–H groups in total. The highest BCUT2D eigenvalue weighted by atomic mass is 16.2. The van der Waals surface area contributed by atoms with Crippen molar-refractivity contribution in [3.63, 3.8) is 0 Å². The van der Waals surface area contributed by atoms with E-state index in [4.69, 9.17) is 0 Å². The van der Waals surface area contributed by atoms with Crippen molar-refractivity contribution in [3.05, 3.63) is 72.8 Å². The van der Waals surface area contributed by atoms with Gasteiger partial charge in [-0.1, -0.05) is 72.8 Å². The molecular formula is C24H14B2O2. The SMILES string of the molecule is OB1c2cc3c(cc2B(O)c2cc4c(cc21)-c1ccccc1-4)-c1ccccc1-3. The molecule has 0 radical (unpaired) electrons. The molecule has 1 aliphatic heterocycles. The van der Waals surface area contributed by atoms with Crippen molar-refractivity contribution in [2.45, 2.75) is 0 Å². The van der Waals surface area contributed by atoms with Crippen LogP contribution in [0.5, 0.6) is 0 Å². The van der Waals surface area contributed by atoms with Gasteiger partial charge in [0, 0.05) is 0 Å². The van der Waals surface area contributed by atoms with E-state index in [-0.39, 0.29) is 0 Å². The molecule has 0 fully saturated rings. The first kappa shape index (κ1) is 14.9. The molecule has 0 bridgehead atoms. The van der Waals surface area contributed by atoms with Crippen LogP contribution in [0, 0.1) is 0 Å². The van der Waals surface area contributed by atoms with Crippen LogP contribution in [0.25, 0.3) is 44.5 Å². The lowest BCUT2D eigenvalue weighted by molar-refractivity contribution is 0.592. The lowest BCUT2D eigenvalue weighted by Crippen LogP contribution is -2.69. The third-order valence-corrected chi connectivity index (χ3v) is 6.64. The van der Waals surface area contributed by atoms with Crippen molar-refractivity contribution >= 4 is 35.7 Å². The average molecular weight is 356 g/mol. The molecule has 0 aromatic heterocycles. The van der Waals surface area contributed by atoms with E-state index in [1.165, 1.54) is 44.5 Å². The topological polar surface area (TPSA) is 40.5 Å². The molecule has 0 atom stereocenters. The molecule has 28 heavy (non-hydrogen) atoms. The molecule has 7 rings (SSSR count). The van der Waals surface area contributed by atoms with Crippen LogP contribution in [0.15, 0.2) is 72.8 Å². The predicted octanol–water partition coefficient (Wildman–Crippen LogP) is 1.49. The molecule has 0 unspecified atom stereocenters. The smallest absolute Gasteiger partial charge is 0.358 e. The maximum Gasteiger partial charge on any atom is 0.358 e. The highest BCUT2D eigenvalue weighted by molar-refractivity contribution is 6.97. The van der Waals surface area contributed by atoms with E-state index in [1.807, 2.05) is 24.3 Å².